The predicted molar refractivity (Wildman–Crippen MR) is 123 cm³/mol. The number of hydrogen-bond acceptors (Lipinski definition) is 2. The molecule has 0 bridgehead atoms. The van der Waals surface area contributed by atoms with E-state index in [4.69, 9.17) is 0 Å². The van der Waals surface area contributed by atoms with E-state index in [2.05, 4.69) is 17.2 Å². The number of rotatable bonds is 3. The van der Waals surface area contributed by atoms with Gasteiger partial charge in [-0.2, -0.15) is 0 Å². The molecule has 2 amide bonds. The normalized spacial score (nSPS) is 15.5. The van der Waals surface area contributed by atoms with Crippen LogP contribution in [0.25, 0.3) is 0 Å². The number of amides is 2. The molecule has 1 atom stereocenters. The average molecular weight is 409 g/mol. The van der Waals surface area contributed by atoms with Crippen molar-refractivity contribution in [3.63, 3.8) is 0 Å². The van der Waals surface area contributed by atoms with Gasteiger partial charge >= 0.3 is 0 Å². The highest BCUT2D eigenvalue weighted by molar-refractivity contribution is 5.96. The lowest BCUT2D eigenvalue weighted by molar-refractivity contribution is -0.121. The molecular weight excluding hydrogens is 384 g/mol. The molecule has 31 heavy (non-hydrogen) atoms. The molecule has 1 unspecified atom stereocenters. The van der Waals surface area contributed by atoms with Crippen LogP contribution < -0.4 is 5.32 Å². The van der Waals surface area contributed by atoms with Gasteiger partial charge in [0, 0.05) is 35.5 Å². The van der Waals surface area contributed by atoms with E-state index in [1.165, 1.54) is 0 Å². The first kappa shape index (κ1) is 20.4. The summed E-state index contributed by atoms with van der Waals surface area (Å²) in [5.74, 6) is 5.97. The minimum atomic E-state index is -0.200. The number of carbonyl (C=O) groups is 2. The molecule has 1 aliphatic rings. The summed E-state index contributed by atoms with van der Waals surface area (Å²) < 4.78 is 0. The number of nitrogens with zero attached hydrogens (tertiary/aromatic N) is 1. The summed E-state index contributed by atoms with van der Waals surface area (Å²) in [5.41, 5.74) is 3.22. The second-order valence-electron chi connectivity index (χ2n) is 7.64. The minimum Gasteiger partial charge on any atom is -0.338 e. The number of hydrogen-bond donors (Lipinski definition) is 1. The minimum absolute atomic E-state index is 0.0322. The van der Waals surface area contributed by atoms with E-state index in [9.17, 15) is 9.59 Å². The lowest BCUT2D eigenvalue weighted by atomic mass is 9.96. The molecule has 0 saturated carbocycles. The Labute approximate surface area is 182 Å². The van der Waals surface area contributed by atoms with Gasteiger partial charge in [-0.25, -0.2) is 0 Å². The summed E-state index contributed by atoms with van der Waals surface area (Å²) in [6, 6.07) is 26.6. The first-order valence-corrected chi connectivity index (χ1v) is 10.5. The number of carbonyl (C=O) groups excluding carboxylic acids is 2. The van der Waals surface area contributed by atoms with Gasteiger partial charge in [-0.3, -0.25) is 9.59 Å². The molecule has 0 radical (unpaired) electrons. The van der Waals surface area contributed by atoms with Crippen LogP contribution in [-0.4, -0.2) is 29.8 Å². The largest absolute Gasteiger partial charge is 0.338 e. The van der Waals surface area contributed by atoms with Crippen molar-refractivity contribution in [3.05, 3.63) is 102 Å². The van der Waals surface area contributed by atoms with Gasteiger partial charge in [-0.1, -0.05) is 48.2 Å². The van der Waals surface area contributed by atoms with Crippen molar-refractivity contribution < 1.29 is 9.59 Å². The molecule has 0 aliphatic carbocycles. The Balaban J connectivity index is 1.38. The molecule has 4 heteroatoms. The number of piperidine rings is 1. The second kappa shape index (κ2) is 9.77. The third-order valence-electron chi connectivity index (χ3n) is 5.38. The molecule has 3 aromatic carbocycles. The summed E-state index contributed by atoms with van der Waals surface area (Å²) >= 11 is 0. The van der Waals surface area contributed by atoms with Crippen LogP contribution in [0.5, 0.6) is 0 Å². The maximum Gasteiger partial charge on any atom is 0.253 e. The zero-order valence-electron chi connectivity index (χ0n) is 17.3. The van der Waals surface area contributed by atoms with Crippen LogP contribution in [0, 0.1) is 17.8 Å². The molecule has 154 valence electrons. The van der Waals surface area contributed by atoms with Crippen LogP contribution in [0.2, 0.25) is 0 Å². The van der Waals surface area contributed by atoms with Crippen LogP contribution in [-0.2, 0) is 4.79 Å². The maximum atomic E-state index is 13.0. The van der Waals surface area contributed by atoms with Crippen LogP contribution in [0.4, 0.5) is 5.69 Å². The van der Waals surface area contributed by atoms with E-state index >= 15 is 0 Å². The van der Waals surface area contributed by atoms with E-state index < -0.39 is 0 Å². The van der Waals surface area contributed by atoms with E-state index in [0.717, 1.165) is 29.7 Å². The fourth-order valence-corrected chi connectivity index (χ4v) is 3.69. The number of nitrogens with one attached hydrogen (secondary N) is 1. The van der Waals surface area contributed by atoms with Crippen LogP contribution in [0.15, 0.2) is 84.9 Å². The van der Waals surface area contributed by atoms with E-state index in [0.29, 0.717) is 18.7 Å². The standard InChI is InChI=1S/C27H24N2O2/c30-26(28-25-11-5-2-6-12-25)24-10-7-19-29(20-24)27(31)23-17-15-22(16-18-23)14-13-21-8-3-1-4-9-21/h1-6,8-9,11-12,15-18,24H,7,10,19-20H2,(H,28,30). The van der Waals surface area contributed by atoms with E-state index in [-0.39, 0.29) is 17.7 Å². The fraction of sp³-hybridized carbons (Fsp3) is 0.185. The Morgan fingerprint density at radius 2 is 1.42 bits per heavy atom. The molecule has 1 aliphatic heterocycles. The van der Waals surface area contributed by atoms with Crippen molar-refractivity contribution in [2.75, 3.05) is 18.4 Å². The van der Waals surface area contributed by atoms with E-state index in [1.807, 2.05) is 84.9 Å². The molecule has 3 aromatic rings. The zero-order valence-corrected chi connectivity index (χ0v) is 17.3. The lowest BCUT2D eigenvalue weighted by Crippen LogP contribution is -2.43. The first-order chi connectivity index (χ1) is 15.2. The second-order valence-corrected chi connectivity index (χ2v) is 7.64. The SMILES string of the molecule is O=C(Nc1ccccc1)C1CCCN(C(=O)c2ccc(C#Cc3ccccc3)cc2)C1. The number of anilines is 1. The van der Waals surface area contributed by atoms with Crippen LogP contribution in [0.3, 0.4) is 0 Å². The Bertz CT molecular complexity index is 1100. The Kier molecular flexibility index (Phi) is 6.44. The number of para-hydroxylation sites is 1. The van der Waals surface area contributed by atoms with Gasteiger partial charge in [-0.15, -0.1) is 0 Å². The van der Waals surface area contributed by atoms with Crippen LogP contribution in [0.1, 0.15) is 34.3 Å². The Morgan fingerprint density at radius 1 is 0.806 bits per heavy atom. The summed E-state index contributed by atoms with van der Waals surface area (Å²) in [5, 5.41) is 2.95. The summed E-state index contributed by atoms with van der Waals surface area (Å²) in [4.78, 5) is 27.4. The fourth-order valence-electron chi connectivity index (χ4n) is 3.69. The van der Waals surface area contributed by atoms with Gasteiger partial charge in [0.25, 0.3) is 5.91 Å². The summed E-state index contributed by atoms with van der Waals surface area (Å²) in [6.07, 6.45) is 1.61. The topological polar surface area (TPSA) is 49.4 Å². The average Bonchev–Trinajstić information content (AvgIpc) is 2.84. The highest BCUT2D eigenvalue weighted by Gasteiger charge is 2.29. The molecule has 4 nitrogen and oxygen atoms in total. The van der Waals surface area contributed by atoms with Gasteiger partial charge in [0.15, 0.2) is 0 Å². The molecule has 4 rings (SSSR count). The Morgan fingerprint density at radius 3 is 2.10 bits per heavy atom. The maximum absolute atomic E-state index is 13.0. The molecule has 1 N–H and O–H groups in total. The smallest absolute Gasteiger partial charge is 0.253 e. The Hall–Kier alpha value is -3.84. The monoisotopic (exact) mass is 408 g/mol. The first-order valence-electron chi connectivity index (χ1n) is 10.5. The quantitative estimate of drug-likeness (QED) is 0.645. The van der Waals surface area contributed by atoms with Gasteiger partial charge < -0.3 is 10.2 Å². The van der Waals surface area contributed by atoms with Crippen molar-refractivity contribution in [3.8, 4) is 11.8 Å². The van der Waals surface area contributed by atoms with Gasteiger partial charge in [0.2, 0.25) is 5.91 Å². The predicted octanol–water partition coefficient (Wildman–Crippen LogP) is 4.58. The molecule has 0 aromatic heterocycles. The molecule has 1 heterocycles. The van der Waals surface area contributed by atoms with Crippen molar-refractivity contribution in [2.45, 2.75) is 12.8 Å². The lowest BCUT2D eigenvalue weighted by Gasteiger charge is -2.32. The van der Waals surface area contributed by atoms with Gasteiger partial charge in [-0.05, 0) is 61.4 Å². The number of likely N-dealkylation sites (tertiary alicyclic amines) is 1. The van der Waals surface area contributed by atoms with Crippen molar-refractivity contribution in [1.29, 1.82) is 0 Å². The van der Waals surface area contributed by atoms with Crippen molar-refractivity contribution in [1.82, 2.24) is 4.90 Å². The van der Waals surface area contributed by atoms with Crippen molar-refractivity contribution in [2.24, 2.45) is 5.92 Å². The highest BCUT2D eigenvalue weighted by atomic mass is 16.2. The van der Waals surface area contributed by atoms with E-state index in [1.54, 1.807) is 4.90 Å². The molecule has 1 saturated heterocycles. The van der Waals surface area contributed by atoms with Crippen LogP contribution >= 0.6 is 0 Å². The molecule has 1 fully saturated rings. The summed E-state index contributed by atoms with van der Waals surface area (Å²) in [6.45, 7) is 1.11. The third-order valence-corrected chi connectivity index (χ3v) is 5.38. The van der Waals surface area contributed by atoms with Crippen molar-refractivity contribution >= 4 is 17.5 Å². The summed E-state index contributed by atoms with van der Waals surface area (Å²) in [7, 11) is 0. The highest BCUT2D eigenvalue weighted by Crippen LogP contribution is 2.21. The molecule has 0 spiro atoms. The third kappa shape index (κ3) is 5.40. The number of benzene rings is 3. The van der Waals surface area contributed by atoms with Gasteiger partial charge in [0.1, 0.15) is 0 Å². The molecular formula is C27H24N2O2. The van der Waals surface area contributed by atoms with Gasteiger partial charge in [0.05, 0.1) is 5.92 Å². The zero-order chi connectivity index (χ0) is 21.5.